The van der Waals surface area contributed by atoms with Crippen molar-refractivity contribution in [1.82, 2.24) is 10.2 Å². The van der Waals surface area contributed by atoms with Gasteiger partial charge < -0.3 is 4.74 Å². The van der Waals surface area contributed by atoms with E-state index in [-0.39, 0.29) is 0 Å². The summed E-state index contributed by atoms with van der Waals surface area (Å²) < 4.78 is 5.67. The van der Waals surface area contributed by atoms with Crippen molar-refractivity contribution in [2.75, 3.05) is 6.61 Å². The van der Waals surface area contributed by atoms with Crippen LogP contribution in [0.25, 0.3) is 11.3 Å². The molecule has 1 aromatic carbocycles. The molecule has 0 bridgehead atoms. The summed E-state index contributed by atoms with van der Waals surface area (Å²) in [5.74, 6) is 0. The molecule has 0 saturated carbocycles. The molecule has 4 nitrogen and oxygen atoms in total. The van der Waals surface area contributed by atoms with Crippen LogP contribution in [0.5, 0.6) is 0 Å². The molecule has 1 N–H and O–H groups in total. The lowest BCUT2D eigenvalue weighted by Crippen LogP contribution is -1.96. The molecule has 0 saturated heterocycles. The van der Waals surface area contributed by atoms with Crippen molar-refractivity contribution in [2.45, 2.75) is 6.42 Å². The molecule has 2 rings (SSSR count). The summed E-state index contributed by atoms with van der Waals surface area (Å²) >= 11 is 3.39. The molecular formula is C12H11BrN2O2. The summed E-state index contributed by atoms with van der Waals surface area (Å²) in [5, 5.41) is 7.13. The number of nitrogens with one attached hydrogen (secondary N) is 1. The van der Waals surface area contributed by atoms with Gasteiger partial charge in [-0.1, -0.05) is 28.1 Å². The number of halogens is 1. The topological polar surface area (TPSA) is 55.0 Å². The number of H-pyrrole nitrogens is 1. The van der Waals surface area contributed by atoms with Crippen LogP contribution in [0, 0.1) is 0 Å². The van der Waals surface area contributed by atoms with Crippen molar-refractivity contribution in [3.05, 3.63) is 40.5 Å². The zero-order valence-electron chi connectivity index (χ0n) is 9.02. The Kier molecular flexibility index (Phi) is 3.93. The SMILES string of the molecule is O=COCCc1cc(-c2ccc(Br)cc2)n[nH]1. The van der Waals surface area contributed by atoms with Gasteiger partial charge in [-0.3, -0.25) is 9.89 Å². The van der Waals surface area contributed by atoms with E-state index in [0.717, 1.165) is 21.4 Å². The van der Waals surface area contributed by atoms with Crippen molar-refractivity contribution >= 4 is 22.4 Å². The van der Waals surface area contributed by atoms with E-state index in [0.29, 0.717) is 19.5 Å². The lowest BCUT2D eigenvalue weighted by atomic mass is 10.1. The van der Waals surface area contributed by atoms with Gasteiger partial charge >= 0.3 is 0 Å². The fourth-order valence-corrected chi connectivity index (χ4v) is 1.74. The highest BCUT2D eigenvalue weighted by molar-refractivity contribution is 9.10. The summed E-state index contributed by atoms with van der Waals surface area (Å²) in [6.45, 7) is 0.817. The van der Waals surface area contributed by atoms with E-state index >= 15 is 0 Å². The number of benzene rings is 1. The molecular weight excluding hydrogens is 284 g/mol. The minimum Gasteiger partial charge on any atom is -0.467 e. The third-order valence-corrected chi connectivity index (χ3v) is 2.86. The van der Waals surface area contributed by atoms with E-state index in [1.54, 1.807) is 0 Å². The number of carbonyl (C=O) groups excluding carboxylic acids is 1. The van der Waals surface area contributed by atoms with E-state index in [4.69, 9.17) is 0 Å². The van der Waals surface area contributed by atoms with Crippen molar-refractivity contribution < 1.29 is 9.53 Å². The first-order valence-corrected chi connectivity index (χ1v) is 5.94. The quantitative estimate of drug-likeness (QED) is 0.681. The Balaban J connectivity index is 2.07. The van der Waals surface area contributed by atoms with Gasteiger partial charge in [-0.15, -0.1) is 0 Å². The van der Waals surface area contributed by atoms with E-state index in [2.05, 4.69) is 30.9 Å². The predicted octanol–water partition coefficient (Wildman–Crippen LogP) is 2.55. The summed E-state index contributed by atoms with van der Waals surface area (Å²) in [4.78, 5) is 10.0. The van der Waals surface area contributed by atoms with Crippen LogP contribution in [-0.2, 0) is 16.0 Å². The van der Waals surface area contributed by atoms with Crippen LogP contribution in [0.1, 0.15) is 5.69 Å². The first kappa shape index (κ1) is 11.9. The summed E-state index contributed by atoms with van der Waals surface area (Å²) in [5.41, 5.74) is 2.88. The maximum absolute atomic E-state index is 10.0. The van der Waals surface area contributed by atoms with Gasteiger partial charge in [-0.05, 0) is 18.2 Å². The molecule has 88 valence electrons. The van der Waals surface area contributed by atoms with Crippen molar-refractivity contribution in [2.24, 2.45) is 0 Å². The molecule has 0 amide bonds. The van der Waals surface area contributed by atoms with E-state index in [9.17, 15) is 4.79 Å². The van der Waals surface area contributed by atoms with E-state index in [1.807, 2.05) is 30.3 Å². The fourth-order valence-electron chi connectivity index (χ4n) is 1.48. The van der Waals surface area contributed by atoms with Gasteiger partial charge in [0.25, 0.3) is 6.47 Å². The Bertz CT molecular complexity index is 493. The maximum atomic E-state index is 10.0. The average Bonchev–Trinajstić information content (AvgIpc) is 2.79. The highest BCUT2D eigenvalue weighted by Crippen LogP contribution is 2.20. The van der Waals surface area contributed by atoms with E-state index in [1.165, 1.54) is 0 Å². The van der Waals surface area contributed by atoms with Crippen LogP contribution in [0.4, 0.5) is 0 Å². The van der Waals surface area contributed by atoms with Crippen molar-refractivity contribution in [3.8, 4) is 11.3 Å². The normalized spacial score (nSPS) is 10.2. The van der Waals surface area contributed by atoms with Crippen LogP contribution in [0.15, 0.2) is 34.8 Å². The number of hydrogen-bond acceptors (Lipinski definition) is 3. The molecule has 1 aromatic heterocycles. The molecule has 0 aliphatic carbocycles. The zero-order valence-corrected chi connectivity index (χ0v) is 10.6. The van der Waals surface area contributed by atoms with Crippen LogP contribution in [0.2, 0.25) is 0 Å². The van der Waals surface area contributed by atoms with Gasteiger partial charge in [0, 0.05) is 22.2 Å². The van der Waals surface area contributed by atoms with Gasteiger partial charge in [0.05, 0.1) is 12.3 Å². The Labute approximate surface area is 107 Å². The fraction of sp³-hybridized carbons (Fsp3) is 0.167. The third-order valence-electron chi connectivity index (χ3n) is 2.33. The van der Waals surface area contributed by atoms with Crippen LogP contribution in [-0.4, -0.2) is 23.3 Å². The summed E-state index contributed by atoms with van der Waals surface area (Å²) in [7, 11) is 0. The second-order valence-corrected chi connectivity index (χ2v) is 4.42. The standard InChI is InChI=1S/C12H11BrN2O2/c13-10-3-1-9(2-4-10)12-7-11(14-15-12)5-6-17-8-16/h1-4,7-8H,5-6H2,(H,14,15). The van der Waals surface area contributed by atoms with Crippen LogP contribution in [0.3, 0.4) is 0 Å². The number of ether oxygens (including phenoxy) is 1. The number of aromatic nitrogens is 2. The lowest BCUT2D eigenvalue weighted by molar-refractivity contribution is -0.128. The maximum Gasteiger partial charge on any atom is 0.293 e. The Morgan fingerprint density at radius 2 is 2.12 bits per heavy atom. The Morgan fingerprint density at radius 1 is 1.35 bits per heavy atom. The van der Waals surface area contributed by atoms with Crippen LogP contribution < -0.4 is 0 Å². The van der Waals surface area contributed by atoms with Gasteiger partial charge in [-0.25, -0.2) is 0 Å². The highest BCUT2D eigenvalue weighted by Gasteiger charge is 2.03. The number of nitrogens with zero attached hydrogens (tertiary/aromatic N) is 1. The Morgan fingerprint density at radius 3 is 2.82 bits per heavy atom. The molecule has 17 heavy (non-hydrogen) atoms. The zero-order chi connectivity index (χ0) is 12.1. The molecule has 0 aliphatic rings. The molecule has 0 unspecified atom stereocenters. The Hall–Kier alpha value is -1.62. The highest BCUT2D eigenvalue weighted by atomic mass is 79.9. The van der Waals surface area contributed by atoms with Gasteiger partial charge in [0.1, 0.15) is 0 Å². The second-order valence-electron chi connectivity index (χ2n) is 3.50. The molecule has 0 aliphatic heterocycles. The molecule has 0 atom stereocenters. The van der Waals surface area contributed by atoms with Crippen molar-refractivity contribution in [3.63, 3.8) is 0 Å². The predicted molar refractivity (Wildman–Crippen MR) is 67.4 cm³/mol. The number of aromatic amines is 1. The van der Waals surface area contributed by atoms with Gasteiger partial charge in [0.15, 0.2) is 0 Å². The molecule has 0 fully saturated rings. The van der Waals surface area contributed by atoms with E-state index < -0.39 is 0 Å². The van der Waals surface area contributed by atoms with Gasteiger partial charge in [-0.2, -0.15) is 5.10 Å². The second kappa shape index (κ2) is 5.63. The van der Waals surface area contributed by atoms with Gasteiger partial charge in [0.2, 0.25) is 0 Å². The number of carbonyl (C=O) groups is 1. The molecule has 1 heterocycles. The third kappa shape index (κ3) is 3.17. The smallest absolute Gasteiger partial charge is 0.293 e. The first-order valence-electron chi connectivity index (χ1n) is 5.15. The van der Waals surface area contributed by atoms with Crippen molar-refractivity contribution in [1.29, 1.82) is 0 Å². The minimum atomic E-state index is 0.367. The molecule has 5 heteroatoms. The lowest BCUT2D eigenvalue weighted by Gasteiger charge is -1.95. The first-order chi connectivity index (χ1) is 8.29. The van der Waals surface area contributed by atoms with Crippen LogP contribution >= 0.6 is 15.9 Å². The largest absolute Gasteiger partial charge is 0.467 e. The molecule has 2 aromatic rings. The number of hydrogen-bond donors (Lipinski definition) is 1. The molecule has 0 radical (unpaired) electrons. The average molecular weight is 295 g/mol. The minimum absolute atomic E-state index is 0.367. The summed E-state index contributed by atoms with van der Waals surface area (Å²) in [6.07, 6.45) is 0.641. The molecule has 0 spiro atoms. The number of rotatable bonds is 5. The monoisotopic (exact) mass is 294 g/mol. The summed E-state index contributed by atoms with van der Waals surface area (Å²) in [6, 6.07) is 9.88.